The van der Waals surface area contributed by atoms with Crippen LogP contribution in [0, 0.1) is 0 Å². The molecule has 19 heavy (non-hydrogen) atoms. The van der Waals surface area contributed by atoms with Gasteiger partial charge in [-0.25, -0.2) is 0 Å². The molecule has 1 N–H and O–H groups in total. The standard InChI is InChI=1S/C15H27N3S/c1-13(15-5-4-12-19-15)16-8-11-18(3)14-6-9-17(2)10-7-14/h4-5,12-14,16H,6-11H2,1-3H3. The number of likely N-dealkylation sites (N-methyl/N-ethyl adjacent to an activating group) is 1. The van der Waals surface area contributed by atoms with Crippen LogP contribution in [0.4, 0.5) is 0 Å². The Morgan fingerprint density at radius 1 is 1.47 bits per heavy atom. The number of hydrogen-bond acceptors (Lipinski definition) is 4. The molecule has 1 aromatic heterocycles. The zero-order valence-corrected chi connectivity index (χ0v) is 13.2. The van der Waals surface area contributed by atoms with E-state index in [0.717, 1.165) is 19.1 Å². The Bertz CT molecular complexity index is 344. The number of piperidine rings is 1. The van der Waals surface area contributed by atoms with Gasteiger partial charge in [-0.05, 0) is 58.4 Å². The van der Waals surface area contributed by atoms with Crippen molar-refractivity contribution in [1.29, 1.82) is 0 Å². The molecule has 0 aliphatic carbocycles. The summed E-state index contributed by atoms with van der Waals surface area (Å²) >= 11 is 1.84. The lowest BCUT2D eigenvalue weighted by Gasteiger charge is -2.35. The Morgan fingerprint density at radius 3 is 2.84 bits per heavy atom. The van der Waals surface area contributed by atoms with E-state index in [1.807, 2.05) is 11.3 Å². The van der Waals surface area contributed by atoms with Crippen molar-refractivity contribution in [3.8, 4) is 0 Å². The average Bonchev–Trinajstić information content (AvgIpc) is 2.93. The third-order valence-electron chi connectivity index (χ3n) is 4.20. The normalized spacial score (nSPS) is 20.0. The Labute approximate surface area is 121 Å². The lowest BCUT2D eigenvalue weighted by atomic mass is 10.0. The van der Waals surface area contributed by atoms with Crippen LogP contribution in [-0.2, 0) is 0 Å². The first-order valence-electron chi connectivity index (χ1n) is 7.32. The van der Waals surface area contributed by atoms with Gasteiger partial charge in [-0.2, -0.15) is 0 Å². The van der Waals surface area contributed by atoms with E-state index >= 15 is 0 Å². The highest BCUT2D eigenvalue weighted by Gasteiger charge is 2.20. The maximum Gasteiger partial charge on any atom is 0.0386 e. The van der Waals surface area contributed by atoms with E-state index in [1.54, 1.807) is 0 Å². The minimum Gasteiger partial charge on any atom is -0.308 e. The van der Waals surface area contributed by atoms with Gasteiger partial charge in [0.2, 0.25) is 0 Å². The van der Waals surface area contributed by atoms with E-state index in [0.29, 0.717) is 6.04 Å². The van der Waals surface area contributed by atoms with E-state index in [-0.39, 0.29) is 0 Å². The predicted octanol–water partition coefficient (Wildman–Crippen LogP) is 2.42. The number of likely N-dealkylation sites (tertiary alicyclic amines) is 1. The lowest BCUT2D eigenvalue weighted by Crippen LogP contribution is -2.44. The van der Waals surface area contributed by atoms with Gasteiger partial charge in [0.05, 0.1) is 0 Å². The molecule has 0 amide bonds. The van der Waals surface area contributed by atoms with Crippen molar-refractivity contribution in [2.24, 2.45) is 0 Å². The van der Waals surface area contributed by atoms with E-state index in [4.69, 9.17) is 0 Å². The largest absolute Gasteiger partial charge is 0.308 e. The molecule has 1 aliphatic rings. The van der Waals surface area contributed by atoms with Crippen molar-refractivity contribution in [2.45, 2.75) is 31.8 Å². The first-order valence-corrected chi connectivity index (χ1v) is 8.20. The molecule has 1 unspecified atom stereocenters. The Balaban J connectivity index is 1.65. The molecule has 1 atom stereocenters. The van der Waals surface area contributed by atoms with Crippen LogP contribution in [0.2, 0.25) is 0 Å². The molecular weight excluding hydrogens is 254 g/mol. The summed E-state index contributed by atoms with van der Waals surface area (Å²) in [6.45, 7) is 6.95. The molecule has 0 aromatic carbocycles. The van der Waals surface area contributed by atoms with Crippen LogP contribution in [0.1, 0.15) is 30.7 Å². The summed E-state index contributed by atoms with van der Waals surface area (Å²) in [6, 6.07) is 5.59. The highest BCUT2D eigenvalue weighted by atomic mass is 32.1. The molecule has 1 saturated heterocycles. The molecule has 0 spiro atoms. The van der Waals surface area contributed by atoms with Gasteiger partial charge in [-0.3, -0.25) is 0 Å². The number of hydrogen-bond donors (Lipinski definition) is 1. The molecule has 3 nitrogen and oxygen atoms in total. The van der Waals surface area contributed by atoms with Crippen LogP contribution in [0.15, 0.2) is 17.5 Å². The van der Waals surface area contributed by atoms with Gasteiger partial charge in [-0.1, -0.05) is 6.07 Å². The summed E-state index contributed by atoms with van der Waals surface area (Å²) in [4.78, 5) is 6.39. The summed E-state index contributed by atoms with van der Waals surface area (Å²) in [5.74, 6) is 0. The summed E-state index contributed by atoms with van der Waals surface area (Å²) in [5.41, 5.74) is 0. The molecule has 1 aliphatic heterocycles. The number of rotatable bonds is 6. The molecule has 108 valence electrons. The third kappa shape index (κ3) is 4.56. The molecular formula is C15H27N3S. The fraction of sp³-hybridized carbons (Fsp3) is 0.733. The van der Waals surface area contributed by atoms with Gasteiger partial charge < -0.3 is 15.1 Å². The second-order valence-electron chi connectivity index (χ2n) is 5.71. The minimum atomic E-state index is 0.478. The van der Waals surface area contributed by atoms with E-state index in [2.05, 4.69) is 53.6 Å². The summed E-state index contributed by atoms with van der Waals surface area (Å²) in [7, 11) is 4.49. The highest BCUT2D eigenvalue weighted by molar-refractivity contribution is 7.10. The van der Waals surface area contributed by atoms with Crippen LogP contribution in [0.25, 0.3) is 0 Å². The monoisotopic (exact) mass is 281 g/mol. The van der Waals surface area contributed by atoms with Crippen LogP contribution < -0.4 is 5.32 Å². The Hall–Kier alpha value is -0.420. The first kappa shape index (κ1) is 15.0. The molecule has 0 saturated carbocycles. The maximum absolute atomic E-state index is 3.62. The lowest BCUT2D eigenvalue weighted by molar-refractivity contribution is 0.144. The molecule has 1 fully saturated rings. The topological polar surface area (TPSA) is 18.5 Å². The van der Waals surface area contributed by atoms with Gasteiger partial charge in [-0.15, -0.1) is 11.3 Å². The van der Waals surface area contributed by atoms with E-state index in [1.165, 1.54) is 30.8 Å². The summed E-state index contributed by atoms with van der Waals surface area (Å²) in [6.07, 6.45) is 2.63. The zero-order valence-electron chi connectivity index (χ0n) is 12.4. The Morgan fingerprint density at radius 2 is 2.21 bits per heavy atom. The van der Waals surface area contributed by atoms with E-state index in [9.17, 15) is 0 Å². The SMILES string of the molecule is CC(NCCN(C)C1CCN(C)CC1)c1cccs1. The zero-order chi connectivity index (χ0) is 13.7. The second-order valence-corrected chi connectivity index (χ2v) is 6.69. The van der Waals surface area contributed by atoms with Gasteiger partial charge in [0.15, 0.2) is 0 Å². The summed E-state index contributed by atoms with van der Waals surface area (Å²) in [5, 5.41) is 5.77. The van der Waals surface area contributed by atoms with Gasteiger partial charge in [0.25, 0.3) is 0 Å². The smallest absolute Gasteiger partial charge is 0.0386 e. The fourth-order valence-electron chi connectivity index (χ4n) is 2.71. The first-order chi connectivity index (χ1) is 9.16. The van der Waals surface area contributed by atoms with Crippen molar-refractivity contribution in [3.63, 3.8) is 0 Å². The van der Waals surface area contributed by atoms with E-state index < -0.39 is 0 Å². The van der Waals surface area contributed by atoms with Crippen LogP contribution in [-0.4, -0.2) is 56.1 Å². The average molecular weight is 281 g/mol. The molecule has 4 heteroatoms. The van der Waals surface area contributed by atoms with Crippen molar-refractivity contribution >= 4 is 11.3 Å². The quantitative estimate of drug-likeness (QED) is 0.864. The molecule has 1 aromatic rings. The number of thiophene rings is 1. The maximum atomic E-state index is 3.62. The number of nitrogens with zero attached hydrogens (tertiary/aromatic N) is 2. The Kier molecular flexibility index (Phi) is 5.82. The third-order valence-corrected chi connectivity index (χ3v) is 5.25. The van der Waals surface area contributed by atoms with Crippen molar-refractivity contribution in [1.82, 2.24) is 15.1 Å². The molecule has 2 heterocycles. The number of nitrogens with one attached hydrogen (secondary N) is 1. The molecule has 0 bridgehead atoms. The van der Waals surface area contributed by atoms with Crippen LogP contribution in [0.5, 0.6) is 0 Å². The highest BCUT2D eigenvalue weighted by Crippen LogP contribution is 2.18. The van der Waals surface area contributed by atoms with Gasteiger partial charge >= 0.3 is 0 Å². The molecule has 2 rings (SSSR count). The van der Waals surface area contributed by atoms with Crippen molar-refractivity contribution in [2.75, 3.05) is 40.3 Å². The van der Waals surface area contributed by atoms with Crippen molar-refractivity contribution < 1.29 is 0 Å². The fourth-order valence-corrected chi connectivity index (χ4v) is 3.47. The van der Waals surface area contributed by atoms with Gasteiger partial charge in [0.1, 0.15) is 0 Å². The minimum absolute atomic E-state index is 0.478. The summed E-state index contributed by atoms with van der Waals surface area (Å²) < 4.78 is 0. The molecule has 0 radical (unpaired) electrons. The van der Waals surface area contributed by atoms with Crippen molar-refractivity contribution in [3.05, 3.63) is 22.4 Å². The van der Waals surface area contributed by atoms with Gasteiger partial charge in [0, 0.05) is 30.1 Å². The van der Waals surface area contributed by atoms with Crippen LogP contribution in [0.3, 0.4) is 0 Å². The predicted molar refractivity (Wildman–Crippen MR) is 83.9 cm³/mol. The van der Waals surface area contributed by atoms with Crippen LogP contribution >= 0.6 is 11.3 Å². The second kappa shape index (κ2) is 7.39.